The smallest absolute Gasteiger partial charge is 0.275 e. The maximum absolute atomic E-state index is 13.2. The fraction of sp³-hybridized carbons (Fsp3) is 0.286. The van der Waals surface area contributed by atoms with E-state index in [9.17, 15) is 9.59 Å². The summed E-state index contributed by atoms with van der Waals surface area (Å²) in [4.78, 5) is 27.3. The zero-order valence-corrected chi connectivity index (χ0v) is 15.8. The molecule has 7 heteroatoms. The van der Waals surface area contributed by atoms with Crippen LogP contribution < -0.4 is 15.0 Å². The van der Waals surface area contributed by atoms with Crippen molar-refractivity contribution in [2.75, 3.05) is 19.8 Å². The van der Waals surface area contributed by atoms with Gasteiger partial charge < -0.3 is 14.4 Å². The molecule has 144 valence electrons. The lowest BCUT2D eigenvalue weighted by atomic mass is 10.1. The molecule has 1 amide bonds. The molecule has 0 bridgehead atoms. The van der Waals surface area contributed by atoms with Crippen molar-refractivity contribution in [3.05, 3.63) is 64.1 Å². The van der Waals surface area contributed by atoms with E-state index in [1.807, 2.05) is 25.1 Å². The fourth-order valence-corrected chi connectivity index (χ4v) is 3.34. The molecule has 1 aliphatic rings. The molecule has 3 aromatic rings. The van der Waals surface area contributed by atoms with E-state index in [2.05, 4.69) is 5.10 Å². The fourth-order valence-electron chi connectivity index (χ4n) is 3.34. The molecule has 0 aliphatic carbocycles. The molecule has 7 nitrogen and oxygen atoms in total. The molecule has 0 spiro atoms. The largest absolute Gasteiger partial charge is 0.486 e. The topological polar surface area (TPSA) is 73.7 Å². The number of nitrogens with zero attached hydrogens (tertiary/aromatic N) is 3. The normalized spacial score (nSPS) is 12.8. The van der Waals surface area contributed by atoms with Crippen LogP contribution in [0.25, 0.3) is 10.8 Å². The molecule has 0 unspecified atom stereocenters. The van der Waals surface area contributed by atoms with Crippen LogP contribution in [0.1, 0.15) is 23.0 Å². The maximum Gasteiger partial charge on any atom is 0.275 e. The SMILES string of the molecule is CCN(Cc1ccc2c(c1)OCCO2)C(=O)c1nn(C)c(=O)c2ccccc12. The number of aromatic nitrogens is 2. The van der Waals surface area contributed by atoms with Gasteiger partial charge in [-0.05, 0) is 30.7 Å². The van der Waals surface area contributed by atoms with Crippen molar-refractivity contribution in [1.29, 1.82) is 0 Å². The average molecular weight is 379 g/mol. The number of ether oxygens (including phenoxy) is 2. The molecule has 0 saturated carbocycles. The van der Waals surface area contributed by atoms with Crippen LogP contribution in [-0.4, -0.2) is 40.3 Å². The molecule has 1 aliphatic heterocycles. The van der Waals surface area contributed by atoms with Gasteiger partial charge in [0.1, 0.15) is 13.2 Å². The Balaban J connectivity index is 1.68. The lowest BCUT2D eigenvalue weighted by Gasteiger charge is -2.23. The van der Waals surface area contributed by atoms with Crippen molar-refractivity contribution in [3.63, 3.8) is 0 Å². The third-order valence-corrected chi connectivity index (χ3v) is 4.81. The number of hydrogen-bond acceptors (Lipinski definition) is 5. The zero-order chi connectivity index (χ0) is 19.7. The first-order valence-corrected chi connectivity index (χ1v) is 9.22. The third-order valence-electron chi connectivity index (χ3n) is 4.81. The van der Waals surface area contributed by atoms with E-state index in [0.717, 1.165) is 11.3 Å². The Morgan fingerprint density at radius 1 is 1.11 bits per heavy atom. The Bertz CT molecular complexity index is 1110. The minimum atomic E-state index is -0.220. The standard InChI is InChI=1S/C21H21N3O4/c1-3-24(13-14-8-9-17-18(12-14)28-11-10-27-17)21(26)19-15-6-4-5-7-16(15)20(25)23(2)22-19/h4-9,12H,3,10-11,13H2,1-2H3. The molecule has 2 aromatic carbocycles. The van der Waals surface area contributed by atoms with Gasteiger partial charge in [0.15, 0.2) is 17.2 Å². The molecule has 28 heavy (non-hydrogen) atoms. The first-order valence-electron chi connectivity index (χ1n) is 9.22. The summed E-state index contributed by atoms with van der Waals surface area (Å²) < 4.78 is 12.4. The van der Waals surface area contributed by atoms with Crippen molar-refractivity contribution in [2.24, 2.45) is 7.05 Å². The summed E-state index contributed by atoms with van der Waals surface area (Å²) >= 11 is 0. The molecular weight excluding hydrogens is 358 g/mol. The van der Waals surface area contributed by atoms with E-state index >= 15 is 0 Å². The first-order chi connectivity index (χ1) is 13.6. The minimum absolute atomic E-state index is 0.218. The Kier molecular flexibility index (Phi) is 4.73. The third kappa shape index (κ3) is 3.19. The summed E-state index contributed by atoms with van der Waals surface area (Å²) in [5.41, 5.74) is 0.993. The van der Waals surface area contributed by atoms with Crippen LogP contribution in [0.5, 0.6) is 11.5 Å². The Morgan fingerprint density at radius 3 is 2.57 bits per heavy atom. The van der Waals surface area contributed by atoms with Gasteiger partial charge in [-0.25, -0.2) is 4.68 Å². The number of benzene rings is 2. The molecule has 0 saturated heterocycles. The number of carbonyl (C=O) groups is 1. The summed E-state index contributed by atoms with van der Waals surface area (Å²) in [6.07, 6.45) is 0. The van der Waals surface area contributed by atoms with Gasteiger partial charge in [-0.15, -0.1) is 0 Å². The Labute approximate surface area is 162 Å². The van der Waals surface area contributed by atoms with Gasteiger partial charge in [-0.2, -0.15) is 5.10 Å². The van der Waals surface area contributed by atoms with Crippen LogP contribution in [0, 0.1) is 0 Å². The molecule has 1 aromatic heterocycles. The van der Waals surface area contributed by atoms with Crippen LogP contribution >= 0.6 is 0 Å². The first kappa shape index (κ1) is 18.0. The summed E-state index contributed by atoms with van der Waals surface area (Å²) in [5.74, 6) is 1.19. The summed E-state index contributed by atoms with van der Waals surface area (Å²) in [5, 5.41) is 5.30. The van der Waals surface area contributed by atoms with Crippen molar-refractivity contribution in [2.45, 2.75) is 13.5 Å². The summed E-state index contributed by atoms with van der Waals surface area (Å²) in [6.45, 7) is 3.88. The monoisotopic (exact) mass is 379 g/mol. The number of rotatable bonds is 4. The van der Waals surface area contributed by atoms with Gasteiger partial charge in [0.25, 0.3) is 11.5 Å². The second kappa shape index (κ2) is 7.34. The summed E-state index contributed by atoms with van der Waals surface area (Å²) in [7, 11) is 1.56. The van der Waals surface area contributed by atoms with Gasteiger partial charge in [-0.3, -0.25) is 9.59 Å². The van der Waals surface area contributed by atoms with Gasteiger partial charge in [0.05, 0.1) is 5.39 Å². The van der Waals surface area contributed by atoms with Crippen molar-refractivity contribution in [3.8, 4) is 11.5 Å². The molecule has 0 radical (unpaired) electrons. The quantitative estimate of drug-likeness (QED) is 0.696. The van der Waals surface area contributed by atoms with Crippen molar-refractivity contribution in [1.82, 2.24) is 14.7 Å². The van der Waals surface area contributed by atoms with Gasteiger partial charge in [-0.1, -0.05) is 24.3 Å². The number of hydrogen-bond donors (Lipinski definition) is 0. The highest BCUT2D eigenvalue weighted by atomic mass is 16.6. The van der Waals surface area contributed by atoms with Crippen LogP contribution in [0.2, 0.25) is 0 Å². The predicted molar refractivity (Wildman–Crippen MR) is 105 cm³/mol. The molecule has 0 fully saturated rings. The molecule has 2 heterocycles. The molecular formula is C21H21N3O4. The molecule has 0 N–H and O–H groups in total. The van der Waals surface area contributed by atoms with E-state index in [1.54, 1.807) is 36.2 Å². The van der Waals surface area contributed by atoms with Crippen LogP contribution in [-0.2, 0) is 13.6 Å². The Morgan fingerprint density at radius 2 is 1.82 bits per heavy atom. The van der Waals surface area contributed by atoms with E-state index in [-0.39, 0.29) is 17.2 Å². The lowest BCUT2D eigenvalue weighted by Crippen LogP contribution is -2.33. The Hall–Kier alpha value is -3.35. The molecule has 4 rings (SSSR count). The highest BCUT2D eigenvalue weighted by Crippen LogP contribution is 2.31. The van der Waals surface area contributed by atoms with Gasteiger partial charge in [0.2, 0.25) is 0 Å². The van der Waals surface area contributed by atoms with E-state index in [4.69, 9.17) is 9.47 Å². The number of carbonyl (C=O) groups excluding carboxylic acids is 1. The van der Waals surface area contributed by atoms with Gasteiger partial charge in [0, 0.05) is 25.5 Å². The van der Waals surface area contributed by atoms with Crippen molar-refractivity contribution >= 4 is 16.7 Å². The maximum atomic E-state index is 13.2. The number of amides is 1. The van der Waals surface area contributed by atoms with Gasteiger partial charge >= 0.3 is 0 Å². The lowest BCUT2D eigenvalue weighted by molar-refractivity contribution is 0.0746. The second-order valence-electron chi connectivity index (χ2n) is 6.62. The number of aryl methyl sites for hydroxylation is 1. The molecule has 0 atom stereocenters. The van der Waals surface area contributed by atoms with Crippen LogP contribution in [0.15, 0.2) is 47.3 Å². The van der Waals surface area contributed by atoms with E-state index in [0.29, 0.717) is 42.8 Å². The van der Waals surface area contributed by atoms with Crippen molar-refractivity contribution < 1.29 is 14.3 Å². The highest BCUT2D eigenvalue weighted by molar-refractivity contribution is 6.04. The van der Waals surface area contributed by atoms with E-state index in [1.165, 1.54) is 4.68 Å². The number of fused-ring (bicyclic) bond motifs is 2. The van der Waals surface area contributed by atoms with Crippen LogP contribution in [0.4, 0.5) is 0 Å². The average Bonchev–Trinajstić information content (AvgIpc) is 2.74. The zero-order valence-electron chi connectivity index (χ0n) is 15.8. The minimum Gasteiger partial charge on any atom is -0.486 e. The summed E-state index contributed by atoms with van der Waals surface area (Å²) in [6, 6.07) is 12.7. The van der Waals surface area contributed by atoms with E-state index < -0.39 is 0 Å². The highest BCUT2D eigenvalue weighted by Gasteiger charge is 2.21. The van der Waals surface area contributed by atoms with Crippen LogP contribution in [0.3, 0.4) is 0 Å². The second-order valence-corrected chi connectivity index (χ2v) is 6.62. The predicted octanol–water partition coefficient (Wildman–Crippen LogP) is 2.37.